The molecule has 2 aromatic rings. The minimum absolute atomic E-state index is 0.297. The van der Waals surface area contributed by atoms with E-state index in [1.54, 1.807) is 19.1 Å². The molecular weight excluding hydrogens is 343 g/mol. The first-order valence-corrected chi connectivity index (χ1v) is 8.98. The molecule has 0 bridgehead atoms. The number of aryl methyl sites for hydroxylation is 1. The second kappa shape index (κ2) is 7.31. The Hall–Kier alpha value is -2.28. The average molecular weight is 362 g/mol. The fourth-order valence-electron chi connectivity index (χ4n) is 2.65. The van der Waals surface area contributed by atoms with Crippen molar-refractivity contribution in [3.8, 4) is 0 Å². The van der Waals surface area contributed by atoms with E-state index >= 15 is 0 Å². The summed E-state index contributed by atoms with van der Waals surface area (Å²) in [6, 6.07) is 5.28. The highest BCUT2D eigenvalue weighted by Gasteiger charge is 2.31. The summed E-state index contributed by atoms with van der Waals surface area (Å²) in [5, 5.41) is 12.6. The molecule has 1 aliphatic rings. The van der Waals surface area contributed by atoms with E-state index in [0.717, 1.165) is 23.4 Å². The zero-order chi connectivity index (χ0) is 18.0. The van der Waals surface area contributed by atoms with Gasteiger partial charge in [0.2, 0.25) is 0 Å². The highest BCUT2D eigenvalue weighted by Crippen LogP contribution is 2.33. The van der Waals surface area contributed by atoms with E-state index in [2.05, 4.69) is 10.3 Å². The third-order valence-electron chi connectivity index (χ3n) is 4.19. The first-order valence-electron chi connectivity index (χ1n) is 8.17. The molecule has 132 valence electrons. The lowest BCUT2D eigenvalue weighted by Crippen LogP contribution is -2.41. The van der Waals surface area contributed by atoms with E-state index in [1.807, 2.05) is 0 Å². The Morgan fingerprint density at radius 2 is 2.04 bits per heavy atom. The lowest BCUT2D eigenvalue weighted by molar-refractivity contribution is -0.139. The van der Waals surface area contributed by atoms with Gasteiger partial charge in [-0.2, -0.15) is 0 Å². The molecule has 7 heteroatoms. The molecule has 0 spiro atoms. The topological polar surface area (TPSA) is 79.3 Å². The monoisotopic (exact) mass is 362 g/mol. The first-order chi connectivity index (χ1) is 11.9. The molecule has 1 unspecified atom stereocenters. The predicted octanol–water partition coefficient (Wildman–Crippen LogP) is 3.16. The van der Waals surface area contributed by atoms with E-state index < -0.39 is 17.9 Å². The fourth-order valence-corrected chi connectivity index (χ4v) is 3.65. The second-order valence-electron chi connectivity index (χ2n) is 6.37. The lowest BCUT2D eigenvalue weighted by Gasteiger charge is -2.13. The lowest BCUT2D eigenvalue weighted by atomic mass is 10.1. The number of rotatable bonds is 7. The van der Waals surface area contributed by atoms with Gasteiger partial charge in [-0.25, -0.2) is 14.2 Å². The van der Waals surface area contributed by atoms with Crippen LogP contribution < -0.4 is 5.32 Å². The highest BCUT2D eigenvalue weighted by molar-refractivity contribution is 7.13. The van der Waals surface area contributed by atoms with Gasteiger partial charge in [-0.05, 0) is 37.0 Å². The van der Waals surface area contributed by atoms with Crippen LogP contribution in [0, 0.1) is 18.7 Å². The Balaban J connectivity index is 1.68. The molecule has 0 radical (unpaired) electrons. The van der Waals surface area contributed by atoms with Crippen molar-refractivity contribution in [3.05, 3.63) is 51.2 Å². The van der Waals surface area contributed by atoms with Crippen LogP contribution in [-0.2, 0) is 11.2 Å². The molecule has 2 N–H and O–H groups in total. The molecule has 1 heterocycles. The van der Waals surface area contributed by atoms with Gasteiger partial charge < -0.3 is 10.4 Å². The molecule has 1 saturated carbocycles. The predicted molar refractivity (Wildman–Crippen MR) is 92.3 cm³/mol. The molecule has 1 fully saturated rings. The Morgan fingerprint density at radius 3 is 2.64 bits per heavy atom. The van der Waals surface area contributed by atoms with Gasteiger partial charge in [0.1, 0.15) is 16.7 Å². The van der Waals surface area contributed by atoms with Crippen LogP contribution in [-0.4, -0.2) is 28.0 Å². The van der Waals surface area contributed by atoms with Crippen molar-refractivity contribution in [1.29, 1.82) is 0 Å². The Kier molecular flexibility index (Phi) is 5.13. The number of nitrogens with one attached hydrogen (secondary N) is 1. The van der Waals surface area contributed by atoms with Crippen LogP contribution >= 0.6 is 11.3 Å². The number of aliphatic carboxylic acids is 1. The molecule has 1 aliphatic carbocycles. The average Bonchev–Trinajstić information content (AvgIpc) is 3.30. The van der Waals surface area contributed by atoms with Crippen LogP contribution in [0.3, 0.4) is 0 Å². The number of carbonyl (C=O) groups is 2. The second-order valence-corrected chi connectivity index (χ2v) is 7.45. The Bertz CT molecular complexity index is 784. The first kappa shape index (κ1) is 17.5. The largest absolute Gasteiger partial charge is 0.480 e. The van der Waals surface area contributed by atoms with E-state index in [9.17, 15) is 19.1 Å². The Labute approximate surface area is 148 Å². The number of carbonyl (C=O) groups excluding carboxylic acids is 1. The smallest absolute Gasteiger partial charge is 0.326 e. The van der Waals surface area contributed by atoms with Gasteiger partial charge in [-0.15, -0.1) is 11.3 Å². The number of thiazole rings is 1. The molecule has 1 amide bonds. The van der Waals surface area contributed by atoms with Gasteiger partial charge in [0.25, 0.3) is 5.91 Å². The summed E-state index contributed by atoms with van der Waals surface area (Å²) in [6.45, 7) is 1.73. The molecule has 0 saturated heterocycles. The fraction of sp³-hybridized carbons (Fsp3) is 0.389. The molecule has 25 heavy (non-hydrogen) atoms. The standard InChI is InChI=1S/C18H19FN2O3S/c1-10-16(17(22)21-14(18(23)24)8-11-2-3-11)25-15(20-10)9-12-4-6-13(19)7-5-12/h4-7,11,14H,2-3,8-9H2,1H3,(H,21,22)(H,23,24). The summed E-state index contributed by atoms with van der Waals surface area (Å²) < 4.78 is 13.0. The maximum atomic E-state index is 13.0. The van der Waals surface area contributed by atoms with E-state index in [1.165, 1.54) is 23.5 Å². The normalized spacial score (nSPS) is 15.0. The number of carboxylic acids is 1. The molecule has 3 rings (SSSR count). The minimum atomic E-state index is -1.01. The zero-order valence-electron chi connectivity index (χ0n) is 13.8. The summed E-state index contributed by atoms with van der Waals surface area (Å²) in [5.41, 5.74) is 1.48. The van der Waals surface area contributed by atoms with E-state index in [0.29, 0.717) is 29.3 Å². The van der Waals surface area contributed by atoms with Crippen LogP contribution in [0.2, 0.25) is 0 Å². The maximum absolute atomic E-state index is 13.0. The van der Waals surface area contributed by atoms with Crippen molar-refractivity contribution in [3.63, 3.8) is 0 Å². The van der Waals surface area contributed by atoms with Gasteiger partial charge in [0.05, 0.1) is 10.7 Å². The van der Waals surface area contributed by atoms with Crippen molar-refractivity contribution in [1.82, 2.24) is 10.3 Å². The highest BCUT2D eigenvalue weighted by atomic mass is 32.1. The van der Waals surface area contributed by atoms with Crippen molar-refractivity contribution in [2.45, 2.75) is 38.6 Å². The van der Waals surface area contributed by atoms with Crippen molar-refractivity contribution >= 4 is 23.2 Å². The molecule has 0 aliphatic heterocycles. The molecule has 1 atom stereocenters. The van der Waals surface area contributed by atoms with E-state index in [4.69, 9.17) is 0 Å². The third kappa shape index (κ3) is 4.63. The number of halogens is 1. The number of hydrogen-bond donors (Lipinski definition) is 2. The number of aromatic nitrogens is 1. The SMILES string of the molecule is Cc1nc(Cc2ccc(F)cc2)sc1C(=O)NC(CC1CC1)C(=O)O. The number of carboxylic acid groups (broad SMARTS) is 1. The van der Waals surface area contributed by atoms with E-state index in [-0.39, 0.29) is 5.82 Å². The quantitative estimate of drug-likeness (QED) is 0.793. The summed E-state index contributed by atoms with van der Waals surface area (Å²) in [5.74, 6) is -1.30. The van der Waals surface area contributed by atoms with Crippen LogP contribution in [0.25, 0.3) is 0 Å². The van der Waals surface area contributed by atoms with Crippen molar-refractivity contribution in [2.24, 2.45) is 5.92 Å². The Morgan fingerprint density at radius 1 is 1.36 bits per heavy atom. The number of nitrogens with zero attached hydrogens (tertiary/aromatic N) is 1. The summed E-state index contributed by atoms with van der Waals surface area (Å²) in [7, 11) is 0. The molecule has 5 nitrogen and oxygen atoms in total. The van der Waals surface area contributed by atoms with Crippen molar-refractivity contribution < 1.29 is 19.1 Å². The molecular formula is C18H19FN2O3S. The third-order valence-corrected chi connectivity index (χ3v) is 5.34. The number of amides is 1. The van der Waals surface area contributed by atoms with Gasteiger partial charge in [-0.3, -0.25) is 4.79 Å². The summed E-state index contributed by atoms with van der Waals surface area (Å²) in [6.07, 6.45) is 3.03. The van der Waals surface area contributed by atoms with Crippen LogP contribution in [0.4, 0.5) is 4.39 Å². The van der Waals surface area contributed by atoms with Crippen molar-refractivity contribution in [2.75, 3.05) is 0 Å². The van der Waals surface area contributed by atoms with Crippen LogP contribution in [0.5, 0.6) is 0 Å². The molecule has 1 aromatic carbocycles. The summed E-state index contributed by atoms with van der Waals surface area (Å²) in [4.78, 5) is 28.6. The van der Waals surface area contributed by atoms with Crippen LogP contribution in [0.15, 0.2) is 24.3 Å². The summed E-state index contributed by atoms with van der Waals surface area (Å²) >= 11 is 1.25. The van der Waals surface area contributed by atoms with Gasteiger partial charge in [0.15, 0.2) is 0 Å². The van der Waals surface area contributed by atoms with Gasteiger partial charge >= 0.3 is 5.97 Å². The number of hydrogen-bond acceptors (Lipinski definition) is 4. The van der Waals surface area contributed by atoms with Gasteiger partial charge in [0, 0.05) is 6.42 Å². The number of benzene rings is 1. The zero-order valence-corrected chi connectivity index (χ0v) is 14.6. The van der Waals surface area contributed by atoms with Crippen LogP contribution in [0.1, 0.15) is 45.2 Å². The minimum Gasteiger partial charge on any atom is -0.480 e. The van der Waals surface area contributed by atoms with Gasteiger partial charge in [-0.1, -0.05) is 25.0 Å². The maximum Gasteiger partial charge on any atom is 0.326 e. The molecule has 1 aromatic heterocycles.